The lowest BCUT2D eigenvalue weighted by molar-refractivity contribution is -0.308. The molecule has 1 saturated heterocycles. The second kappa shape index (κ2) is 23.1. The highest BCUT2D eigenvalue weighted by Crippen LogP contribution is 2.44. The van der Waals surface area contributed by atoms with Crippen molar-refractivity contribution >= 4 is 41.8 Å². The Morgan fingerprint density at radius 2 is 1.24 bits per heavy atom. The summed E-state index contributed by atoms with van der Waals surface area (Å²) in [4.78, 5) is 84.4. The molecule has 1 aliphatic carbocycles. The number of carboxylic acids is 1. The molecule has 0 unspecified atom stereocenters. The summed E-state index contributed by atoms with van der Waals surface area (Å²) in [5.41, 5.74) is 4.21. The minimum Gasteiger partial charge on any atom is -0.480 e. The van der Waals surface area contributed by atoms with Gasteiger partial charge < -0.3 is 48.9 Å². The summed E-state index contributed by atoms with van der Waals surface area (Å²) >= 11 is 0. The van der Waals surface area contributed by atoms with Crippen molar-refractivity contribution in [3.05, 3.63) is 59.7 Å². The summed E-state index contributed by atoms with van der Waals surface area (Å²) in [5, 5.41) is 14.8. The van der Waals surface area contributed by atoms with E-state index in [9.17, 15) is 38.7 Å². The van der Waals surface area contributed by atoms with Crippen molar-refractivity contribution in [2.75, 3.05) is 26.4 Å². The molecule has 6 atom stereocenters. The molecule has 3 N–H and O–H groups in total. The van der Waals surface area contributed by atoms with E-state index in [1.807, 2.05) is 48.5 Å². The van der Waals surface area contributed by atoms with E-state index in [4.69, 9.17) is 33.2 Å². The number of nitrogens with one attached hydrogen (secondary N) is 2. The fourth-order valence-electron chi connectivity index (χ4n) is 7.09. The molecule has 17 nitrogen and oxygen atoms in total. The van der Waals surface area contributed by atoms with E-state index >= 15 is 0 Å². The van der Waals surface area contributed by atoms with Gasteiger partial charge in [-0.1, -0.05) is 74.2 Å². The van der Waals surface area contributed by atoms with Crippen LogP contribution in [0, 0.1) is 0 Å². The number of esters is 4. The van der Waals surface area contributed by atoms with Crippen LogP contribution >= 0.6 is 0 Å². The first-order chi connectivity index (χ1) is 28.2. The Hall–Kier alpha value is -5.55. The van der Waals surface area contributed by atoms with Crippen LogP contribution in [0.3, 0.4) is 0 Å². The van der Waals surface area contributed by atoms with Crippen molar-refractivity contribution in [2.45, 2.75) is 122 Å². The Labute approximate surface area is 342 Å². The third-order valence-corrected chi connectivity index (χ3v) is 9.72. The Bertz CT molecular complexity index is 1740. The van der Waals surface area contributed by atoms with Crippen LogP contribution < -0.4 is 10.6 Å². The molecule has 0 bridgehead atoms. The Kier molecular flexibility index (Phi) is 18.1. The molecule has 322 valence electrons. The SMILES string of the molecule is CC(=O)OC[C@H]1O[C@@H](OCCCCCCCCNC(=O)CC[C@H](NC(=O)OCC2c3ccccc3-c3ccccc32)C(=O)O)[C@H](OC(C)=O)[C@@H](OC(C)=O)[C@@H]1OC(C)=O. The quantitative estimate of drug-likeness (QED) is 0.0854. The maximum absolute atomic E-state index is 12.6. The summed E-state index contributed by atoms with van der Waals surface area (Å²) in [7, 11) is 0. The maximum atomic E-state index is 12.6. The molecule has 0 spiro atoms. The molecule has 17 heteroatoms. The van der Waals surface area contributed by atoms with Gasteiger partial charge in [0.15, 0.2) is 24.6 Å². The number of unbranched alkanes of at least 4 members (excludes halogenated alkanes) is 5. The van der Waals surface area contributed by atoms with E-state index in [-0.39, 0.29) is 44.5 Å². The predicted octanol–water partition coefficient (Wildman–Crippen LogP) is 4.32. The molecule has 2 amide bonds. The highest BCUT2D eigenvalue weighted by Gasteiger charge is 2.52. The number of hydrogen-bond donors (Lipinski definition) is 3. The topological polar surface area (TPSA) is 228 Å². The largest absolute Gasteiger partial charge is 0.480 e. The van der Waals surface area contributed by atoms with Gasteiger partial charge in [-0.05, 0) is 41.5 Å². The number of fused-ring (bicyclic) bond motifs is 3. The van der Waals surface area contributed by atoms with Gasteiger partial charge in [-0.2, -0.15) is 0 Å². The van der Waals surface area contributed by atoms with Crippen LogP contribution in [0.5, 0.6) is 0 Å². The second-order valence-electron chi connectivity index (χ2n) is 14.3. The number of benzene rings is 2. The highest BCUT2D eigenvalue weighted by atomic mass is 16.7. The molecule has 1 fully saturated rings. The molecule has 4 rings (SSSR count). The van der Waals surface area contributed by atoms with Gasteiger partial charge in [0.1, 0.15) is 25.4 Å². The number of carbonyl (C=O) groups is 7. The van der Waals surface area contributed by atoms with E-state index in [2.05, 4.69) is 10.6 Å². The minimum absolute atomic E-state index is 0.0362. The fourth-order valence-corrected chi connectivity index (χ4v) is 7.09. The van der Waals surface area contributed by atoms with Crippen LogP contribution in [0.25, 0.3) is 11.1 Å². The molecule has 0 aromatic heterocycles. The van der Waals surface area contributed by atoms with Crippen molar-refractivity contribution in [3.8, 4) is 11.1 Å². The van der Waals surface area contributed by atoms with Gasteiger partial charge in [0.25, 0.3) is 0 Å². The third-order valence-electron chi connectivity index (χ3n) is 9.72. The second-order valence-corrected chi connectivity index (χ2v) is 14.3. The number of ether oxygens (including phenoxy) is 7. The fraction of sp³-hybridized carbons (Fsp3) is 0.548. The monoisotopic (exact) mass is 826 g/mol. The van der Waals surface area contributed by atoms with Gasteiger partial charge in [0.2, 0.25) is 5.91 Å². The van der Waals surface area contributed by atoms with E-state index in [1.54, 1.807) is 0 Å². The molecule has 0 radical (unpaired) electrons. The molecular formula is C42H54N2O15. The number of rotatable bonds is 22. The molecule has 59 heavy (non-hydrogen) atoms. The molecule has 2 aliphatic rings. The van der Waals surface area contributed by atoms with Gasteiger partial charge in [0.05, 0.1) is 0 Å². The number of alkyl carbamates (subject to hydrolysis) is 1. The van der Waals surface area contributed by atoms with E-state index < -0.39 is 72.7 Å². The average Bonchev–Trinajstić information content (AvgIpc) is 3.50. The summed E-state index contributed by atoms with van der Waals surface area (Å²) in [6.45, 7) is 4.91. The highest BCUT2D eigenvalue weighted by molar-refractivity contribution is 5.82. The molecule has 1 heterocycles. The number of amides is 2. The molecule has 0 saturated carbocycles. The first-order valence-corrected chi connectivity index (χ1v) is 19.8. The van der Waals surface area contributed by atoms with Gasteiger partial charge in [-0.3, -0.25) is 24.0 Å². The van der Waals surface area contributed by atoms with Gasteiger partial charge >= 0.3 is 35.9 Å². The van der Waals surface area contributed by atoms with Crippen LogP contribution in [-0.2, 0) is 61.9 Å². The lowest BCUT2D eigenvalue weighted by atomic mass is 9.98. The van der Waals surface area contributed by atoms with E-state index in [0.29, 0.717) is 19.4 Å². The van der Waals surface area contributed by atoms with E-state index in [1.165, 1.54) is 6.92 Å². The van der Waals surface area contributed by atoms with Crippen LogP contribution in [0.4, 0.5) is 4.79 Å². The summed E-state index contributed by atoms with van der Waals surface area (Å²) in [6, 6.07) is 14.5. The molecule has 1 aliphatic heterocycles. The van der Waals surface area contributed by atoms with Gasteiger partial charge in [0, 0.05) is 53.2 Å². The van der Waals surface area contributed by atoms with E-state index in [0.717, 1.165) is 68.7 Å². The summed E-state index contributed by atoms with van der Waals surface area (Å²) in [5.74, 6) is -4.56. The third kappa shape index (κ3) is 14.4. The first-order valence-electron chi connectivity index (χ1n) is 19.8. The summed E-state index contributed by atoms with van der Waals surface area (Å²) in [6.07, 6.45) is -2.64. The zero-order chi connectivity index (χ0) is 42.9. The van der Waals surface area contributed by atoms with Crippen molar-refractivity contribution in [1.29, 1.82) is 0 Å². The number of carboxylic acid groups (broad SMARTS) is 1. The standard InChI is InChI=1S/C42H54N2O15/c1-25(45)54-24-35-37(56-26(2)46)38(57-27(3)47)39(58-28(4)48)41(59-35)53-22-14-8-6-5-7-13-21-43-36(49)20-19-34(40(50)51)44-42(52)55-23-33-31-17-11-9-15-29(31)30-16-10-12-18-32(30)33/h9-12,15-18,33-35,37-39,41H,5-8,13-14,19-24H2,1-4H3,(H,43,49)(H,44,52)(H,50,51)/t34-,35+,37+,38-,39+,41+/m0/s1. The Morgan fingerprint density at radius 3 is 1.83 bits per heavy atom. The van der Waals surface area contributed by atoms with Crippen LogP contribution in [0.15, 0.2) is 48.5 Å². The lowest BCUT2D eigenvalue weighted by Gasteiger charge is -2.44. The van der Waals surface area contributed by atoms with Crippen LogP contribution in [0.2, 0.25) is 0 Å². The normalized spacial score (nSPS) is 19.9. The zero-order valence-corrected chi connectivity index (χ0v) is 33.8. The smallest absolute Gasteiger partial charge is 0.407 e. The minimum atomic E-state index is -1.30. The van der Waals surface area contributed by atoms with Crippen molar-refractivity contribution in [2.24, 2.45) is 0 Å². The lowest BCUT2D eigenvalue weighted by Crippen LogP contribution is -2.63. The summed E-state index contributed by atoms with van der Waals surface area (Å²) < 4.78 is 38.6. The molecular weight excluding hydrogens is 772 g/mol. The van der Waals surface area contributed by atoms with Crippen molar-refractivity contribution < 1.29 is 71.8 Å². The number of carbonyl (C=O) groups excluding carboxylic acids is 6. The maximum Gasteiger partial charge on any atom is 0.407 e. The van der Waals surface area contributed by atoms with Crippen LogP contribution in [-0.4, -0.2) is 110 Å². The van der Waals surface area contributed by atoms with Crippen LogP contribution in [0.1, 0.15) is 96.1 Å². The van der Waals surface area contributed by atoms with Gasteiger partial charge in [-0.25, -0.2) is 9.59 Å². The molecule has 2 aromatic carbocycles. The molecule has 2 aromatic rings. The predicted molar refractivity (Wildman–Crippen MR) is 207 cm³/mol. The van der Waals surface area contributed by atoms with Crippen molar-refractivity contribution in [3.63, 3.8) is 0 Å². The first kappa shape index (κ1) is 46.1. The number of aliphatic carboxylic acids is 1. The number of hydrogen-bond acceptors (Lipinski definition) is 14. The Morgan fingerprint density at radius 1 is 0.678 bits per heavy atom. The Balaban J connectivity index is 1.12. The zero-order valence-electron chi connectivity index (χ0n) is 33.8. The van der Waals surface area contributed by atoms with Gasteiger partial charge in [-0.15, -0.1) is 0 Å². The average molecular weight is 827 g/mol. The van der Waals surface area contributed by atoms with Crippen molar-refractivity contribution in [1.82, 2.24) is 10.6 Å².